The molecule has 0 bridgehead atoms. The first-order chi connectivity index (χ1) is 40.1. The third kappa shape index (κ3) is 13.7. The van der Waals surface area contributed by atoms with E-state index in [4.69, 9.17) is 21.4 Å². The standard InChI is InChI=1S/C68H78N10O4/c1-3-59-57(37-51-35-47-23-11-13-25-49(47)39-63(51)73-59)65(79)75-61(67(81)77-31-17-27-55(77)43-71-53(41-69)33-45-19-7-5-8-20-45)29-15-16-30-62(68(82)78-32-18-28-56(78)44-72-54(42-70)34-46-21-9-6-10-22-46)76-66(80)58-38-52-36-48-24-12-14-26-50(48)40-64(52)74-60(58)4-2/h5-16,19-26,35-40,53-56,61-62,71-72H,3-4,17-18,27-34,41-44,69-70H2,1-2H3,(H,75,79)(H,76,80)/b16-15+/t53-,54-,55-,56-,61-,62?/m0/s1. The largest absolute Gasteiger partial charge is 0.340 e. The number of nitrogens with one attached hydrogen (secondary N) is 4. The van der Waals surface area contributed by atoms with E-state index in [1.165, 1.54) is 11.1 Å². The number of nitrogens with zero attached hydrogens (tertiary/aromatic N) is 4. The van der Waals surface area contributed by atoms with E-state index in [2.05, 4.69) is 69.8 Å². The van der Waals surface area contributed by atoms with Crippen LogP contribution in [0.4, 0.5) is 0 Å². The SMILES string of the molecule is CCc1nc2cc3ccccc3cc2cc1C(=O)NC(C/C=C/C[C@H](NC(=O)c1cc2cc3ccccc3cc2nc1CC)C(=O)N1CCC[C@H]1CN[C@H](CN)Cc1ccccc1)C(=O)N1CCC[C@H]1CN[C@H](CN)Cc1ccccc1. The molecule has 8 N–H and O–H groups in total. The number of pyridine rings is 2. The Hall–Kier alpha value is -7.88. The molecule has 82 heavy (non-hydrogen) atoms. The molecule has 8 aromatic rings. The van der Waals surface area contributed by atoms with Crippen molar-refractivity contribution in [3.8, 4) is 0 Å². The van der Waals surface area contributed by atoms with Crippen LogP contribution in [0, 0.1) is 0 Å². The highest BCUT2D eigenvalue weighted by Gasteiger charge is 2.36. The normalized spacial score (nSPS) is 17.0. The fourth-order valence-corrected chi connectivity index (χ4v) is 12.1. The molecule has 2 saturated heterocycles. The molecular weight excluding hydrogens is 1020 g/mol. The molecule has 4 amide bonds. The van der Waals surface area contributed by atoms with Crippen molar-refractivity contribution in [1.82, 2.24) is 41.0 Å². The van der Waals surface area contributed by atoms with Crippen molar-refractivity contribution in [3.05, 3.63) is 191 Å². The molecular formula is C68H78N10O4. The Kier molecular flexibility index (Phi) is 19.1. The minimum absolute atomic E-state index is 0.0144. The molecule has 0 spiro atoms. The lowest BCUT2D eigenvalue weighted by molar-refractivity contribution is -0.134. The first-order valence-corrected chi connectivity index (χ1v) is 29.6. The molecule has 2 aromatic heterocycles. The van der Waals surface area contributed by atoms with Crippen LogP contribution in [0.5, 0.6) is 0 Å². The van der Waals surface area contributed by atoms with Crippen LogP contribution in [-0.2, 0) is 35.3 Å². The van der Waals surface area contributed by atoms with E-state index in [0.29, 0.717) is 74.6 Å². The molecule has 424 valence electrons. The fourth-order valence-electron chi connectivity index (χ4n) is 12.1. The van der Waals surface area contributed by atoms with E-state index in [1.807, 2.05) is 133 Å². The summed E-state index contributed by atoms with van der Waals surface area (Å²) in [5.74, 6) is -1.14. The van der Waals surface area contributed by atoms with Gasteiger partial charge in [0.2, 0.25) is 11.8 Å². The first kappa shape index (κ1) is 57.4. The number of benzene rings is 6. The molecule has 10 rings (SSSR count). The van der Waals surface area contributed by atoms with Gasteiger partial charge in [0.1, 0.15) is 12.1 Å². The van der Waals surface area contributed by atoms with E-state index in [-0.39, 0.29) is 60.6 Å². The van der Waals surface area contributed by atoms with Gasteiger partial charge in [0.25, 0.3) is 11.8 Å². The highest BCUT2D eigenvalue weighted by atomic mass is 16.2. The van der Waals surface area contributed by atoms with Gasteiger partial charge in [-0.3, -0.25) is 29.1 Å². The summed E-state index contributed by atoms with van der Waals surface area (Å²) in [6.07, 6.45) is 9.82. The second-order valence-corrected chi connectivity index (χ2v) is 22.2. The van der Waals surface area contributed by atoms with Gasteiger partial charge in [-0.05, 0) is 133 Å². The second-order valence-electron chi connectivity index (χ2n) is 22.2. The van der Waals surface area contributed by atoms with Crippen LogP contribution >= 0.6 is 0 Å². The predicted octanol–water partition coefficient (Wildman–Crippen LogP) is 8.75. The first-order valence-electron chi connectivity index (χ1n) is 29.6. The fraction of sp³-hybridized carbons (Fsp3) is 0.353. The number of hydrogen-bond acceptors (Lipinski definition) is 10. The maximum atomic E-state index is 15.1. The van der Waals surface area contributed by atoms with Crippen molar-refractivity contribution in [3.63, 3.8) is 0 Å². The maximum absolute atomic E-state index is 15.1. The average Bonchev–Trinajstić information content (AvgIpc) is 4.34. The molecule has 6 aromatic carbocycles. The number of amides is 4. The van der Waals surface area contributed by atoms with Crippen LogP contribution in [0.3, 0.4) is 0 Å². The smallest absolute Gasteiger partial charge is 0.253 e. The van der Waals surface area contributed by atoms with Gasteiger partial charge in [0.15, 0.2) is 0 Å². The Balaban J connectivity index is 0.921. The van der Waals surface area contributed by atoms with Crippen LogP contribution < -0.4 is 32.7 Å². The van der Waals surface area contributed by atoms with Crippen LogP contribution in [0.25, 0.3) is 43.4 Å². The highest BCUT2D eigenvalue weighted by molar-refractivity contribution is 6.05. The molecule has 6 atom stereocenters. The van der Waals surface area contributed by atoms with E-state index >= 15 is 9.59 Å². The zero-order chi connectivity index (χ0) is 57.0. The van der Waals surface area contributed by atoms with Crippen LogP contribution in [0.2, 0.25) is 0 Å². The number of rotatable bonds is 24. The third-order valence-electron chi connectivity index (χ3n) is 16.6. The lowest BCUT2D eigenvalue weighted by atomic mass is 10.0. The number of nitrogens with two attached hydrogens (primary N) is 2. The lowest BCUT2D eigenvalue weighted by Gasteiger charge is -2.31. The number of carbonyl (C=O) groups excluding carboxylic acids is 4. The summed E-state index contributed by atoms with van der Waals surface area (Å²) < 4.78 is 0. The van der Waals surface area contributed by atoms with Gasteiger partial charge in [-0.15, -0.1) is 0 Å². The Morgan fingerprint density at radius 2 is 0.902 bits per heavy atom. The summed E-state index contributed by atoms with van der Waals surface area (Å²) in [5.41, 5.74) is 18.7. The number of aryl methyl sites for hydroxylation is 2. The average molecular weight is 1100 g/mol. The topological polar surface area (TPSA) is 201 Å². The minimum Gasteiger partial charge on any atom is -0.340 e. The number of hydrogen-bond donors (Lipinski definition) is 6. The summed E-state index contributed by atoms with van der Waals surface area (Å²) in [4.78, 5) is 73.5. The van der Waals surface area contributed by atoms with E-state index in [1.54, 1.807) is 0 Å². The molecule has 0 aliphatic carbocycles. The minimum atomic E-state index is -0.952. The summed E-state index contributed by atoms with van der Waals surface area (Å²) >= 11 is 0. The van der Waals surface area contributed by atoms with Gasteiger partial charge in [0, 0.05) is 74.2 Å². The summed E-state index contributed by atoms with van der Waals surface area (Å²) in [6.45, 7) is 7.04. The van der Waals surface area contributed by atoms with Crippen LogP contribution in [0.15, 0.2) is 158 Å². The van der Waals surface area contributed by atoms with Crippen molar-refractivity contribution in [2.45, 2.75) is 114 Å². The Bertz CT molecular complexity index is 3320. The van der Waals surface area contributed by atoms with Crippen molar-refractivity contribution in [2.24, 2.45) is 11.5 Å². The van der Waals surface area contributed by atoms with Gasteiger partial charge in [-0.1, -0.05) is 135 Å². The van der Waals surface area contributed by atoms with Crippen molar-refractivity contribution in [1.29, 1.82) is 0 Å². The molecule has 2 fully saturated rings. The van der Waals surface area contributed by atoms with Gasteiger partial charge in [-0.2, -0.15) is 0 Å². The van der Waals surface area contributed by atoms with E-state index in [0.717, 1.165) is 81.9 Å². The van der Waals surface area contributed by atoms with Gasteiger partial charge >= 0.3 is 0 Å². The Morgan fingerprint density at radius 1 is 0.524 bits per heavy atom. The van der Waals surface area contributed by atoms with E-state index in [9.17, 15) is 9.59 Å². The Morgan fingerprint density at radius 3 is 1.28 bits per heavy atom. The van der Waals surface area contributed by atoms with Crippen LogP contribution in [0.1, 0.15) is 95.6 Å². The second kappa shape index (κ2) is 27.3. The highest BCUT2D eigenvalue weighted by Crippen LogP contribution is 2.28. The van der Waals surface area contributed by atoms with Crippen LogP contribution in [-0.4, -0.2) is 119 Å². The molecule has 0 radical (unpaired) electrons. The third-order valence-corrected chi connectivity index (χ3v) is 16.6. The molecule has 4 heterocycles. The van der Waals surface area contributed by atoms with E-state index < -0.39 is 12.1 Å². The van der Waals surface area contributed by atoms with Crippen molar-refractivity contribution < 1.29 is 19.2 Å². The van der Waals surface area contributed by atoms with Gasteiger partial charge < -0.3 is 42.5 Å². The predicted molar refractivity (Wildman–Crippen MR) is 330 cm³/mol. The number of fused-ring (bicyclic) bond motifs is 4. The van der Waals surface area contributed by atoms with Gasteiger partial charge in [-0.25, -0.2) is 0 Å². The maximum Gasteiger partial charge on any atom is 0.253 e. The summed E-state index contributed by atoms with van der Waals surface area (Å²) in [7, 11) is 0. The zero-order valence-electron chi connectivity index (χ0n) is 47.4. The lowest BCUT2D eigenvalue weighted by Crippen LogP contribution is -2.53. The molecule has 0 saturated carbocycles. The molecule has 14 heteroatoms. The molecule has 2 aliphatic heterocycles. The van der Waals surface area contributed by atoms with Gasteiger partial charge in [0.05, 0.1) is 33.5 Å². The summed E-state index contributed by atoms with van der Waals surface area (Å²) in [5, 5.41) is 19.6. The number of carbonyl (C=O) groups is 4. The molecule has 14 nitrogen and oxygen atoms in total. The number of aromatic nitrogens is 2. The zero-order valence-corrected chi connectivity index (χ0v) is 47.4. The monoisotopic (exact) mass is 1100 g/mol. The molecule has 1 unspecified atom stereocenters. The number of likely N-dealkylation sites (tertiary alicyclic amines) is 2. The van der Waals surface area contributed by atoms with Crippen molar-refractivity contribution in [2.75, 3.05) is 39.3 Å². The quantitative estimate of drug-likeness (QED) is 0.0251. The Labute approximate surface area is 481 Å². The van der Waals surface area contributed by atoms with Crippen molar-refractivity contribution >= 4 is 67.0 Å². The molecule has 2 aliphatic rings. The summed E-state index contributed by atoms with van der Waals surface area (Å²) in [6, 6.07) is 46.5.